The molecule has 0 amide bonds. The third-order valence-corrected chi connectivity index (χ3v) is 4.60. The lowest BCUT2D eigenvalue weighted by atomic mass is 10.3. The quantitative estimate of drug-likeness (QED) is 0.510. The second-order valence-corrected chi connectivity index (χ2v) is 6.81. The number of nitrogens with zero attached hydrogens (tertiary/aromatic N) is 6. The number of hydrogen-bond donors (Lipinski definition) is 0. The summed E-state index contributed by atoms with van der Waals surface area (Å²) in [5.74, 6) is 0. The lowest BCUT2D eigenvalue weighted by Crippen LogP contribution is -2.24. The lowest BCUT2D eigenvalue weighted by molar-refractivity contribution is -0.385. The Morgan fingerprint density at radius 2 is 2.17 bits per heavy atom. The SMILES string of the molecule is Cc1cn2c(CN(C)CCn3cc([N+](=O)[O-])cn3)c(C)nc2s1. The Balaban J connectivity index is 1.65. The maximum Gasteiger partial charge on any atom is 0.306 e. The molecule has 0 aromatic carbocycles. The fourth-order valence-corrected chi connectivity index (χ4v) is 3.37. The van der Waals surface area contributed by atoms with Crippen molar-refractivity contribution in [1.29, 1.82) is 0 Å². The fraction of sp³-hybridized carbons (Fsp3) is 0.429. The van der Waals surface area contributed by atoms with E-state index >= 15 is 0 Å². The van der Waals surface area contributed by atoms with E-state index in [0.29, 0.717) is 6.54 Å². The molecule has 3 heterocycles. The summed E-state index contributed by atoms with van der Waals surface area (Å²) < 4.78 is 3.74. The number of rotatable bonds is 6. The zero-order chi connectivity index (χ0) is 16.6. The summed E-state index contributed by atoms with van der Waals surface area (Å²) in [6, 6.07) is 0. The van der Waals surface area contributed by atoms with Crippen LogP contribution in [0.2, 0.25) is 0 Å². The molecule has 0 unspecified atom stereocenters. The van der Waals surface area contributed by atoms with E-state index in [2.05, 4.69) is 32.5 Å². The highest BCUT2D eigenvalue weighted by Crippen LogP contribution is 2.21. The molecule has 0 N–H and O–H groups in total. The van der Waals surface area contributed by atoms with Crippen LogP contribution in [0.5, 0.6) is 0 Å². The standard InChI is InChI=1S/C14H18N6O2S/c1-10-7-19-13(11(2)16-14(19)23-10)9-17(3)4-5-18-8-12(6-15-18)20(21)22/h6-8H,4-5,9H2,1-3H3. The molecule has 0 aliphatic rings. The van der Waals surface area contributed by atoms with Crippen molar-refractivity contribution < 1.29 is 4.92 Å². The number of aryl methyl sites for hydroxylation is 2. The van der Waals surface area contributed by atoms with E-state index in [1.54, 1.807) is 16.0 Å². The average Bonchev–Trinajstić information content (AvgIpc) is 3.14. The first-order chi connectivity index (χ1) is 10.9. The molecule has 0 fully saturated rings. The number of likely N-dealkylation sites (N-methyl/N-ethyl adjacent to an activating group) is 1. The summed E-state index contributed by atoms with van der Waals surface area (Å²) in [5, 5.41) is 14.7. The Bertz CT molecular complexity index is 849. The Hall–Kier alpha value is -2.26. The second kappa shape index (κ2) is 6.09. The molecule has 3 aromatic rings. The molecule has 0 aliphatic carbocycles. The predicted molar refractivity (Wildman–Crippen MR) is 87.8 cm³/mol. The van der Waals surface area contributed by atoms with Crippen molar-refractivity contribution in [3.05, 3.63) is 45.0 Å². The molecule has 0 aliphatic heterocycles. The van der Waals surface area contributed by atoms with Gasteiger partial charge in [-0.25, -0.2) is 4.98 Å². The second-order valence-electron chi connectivity index (χ2n) is 5.59. The monoisotopic (exact) mass is 334 g/mol. The highest BCUT2D eigenvalue weighted by atomic mass is 32.1. The Labute approximate surface area is 137 Å². The lowest BCUT2D eigenvalue weighted by Gasteiger charge is -2.16. The van der Waals surface area contributed by atoms with E-state index in [1.807, 2.05) is 14.0 Å². The van der Waals surface area contributed by atoms with Crippen LogP contribution in [0.15, 0.2) is 18.6 Å². The van der Waals surface area contributed by atoms with Gasteiger partial charge in [-0.3, -0.25) is 24.1 Å². The summed E-state index contributed by atoms with van der Waals surface area (Å²) in [5.41, 5.74) is 2.24. The molecule has 9 heteroatoms. The summed E-state index contributed by atoms with van der Waals surface area (Å²) in [7, 11) is 2.02. The van der Waals surface area contributed by atoms with Crippen LogP contribution in [-0.2, 0) is 13.1 Å². The van der Waals surface area contributed by atoms with Gasteiger partial charge in [0.25, 0.3) is 0 Å². The largest absolute Gasteiger partial charge is 0.306 e. The number of imidazole rings is 1. The molecule has 3 rings (SSSR count). The molecule has 0 saturated carbocycles. The van der Waals surface area contributed by atoms with Crippen LogP contribution in [0.3, 0.4) is 0 Å². The maximum atomic E-state index is 10.7. The minimum absolute atomic E-state index is 0.0229. The molecule has 0 radical (unpaired) electrons. The van der Waals surface area contributed by atoms with Crippen molar-refractivity contribution in [3.63, 3.8) is 0 Å². The van der Waals surface area contributed by atoms with Gasteiger partial charge in [-0.1, -0.05) is 0 Å². The van der Waals surface area contributed by atoms with Gasteiger partial charge in [-0.05, 0) is 20.9 Å². The number of fused-ring (bicyclic) bond motifs is 1. The first-order valence-corrected chi connectivity index (χ1v) is 8.05. The third-order valence-electron chi connectivity index (χ3n) is 3.70. The predicted octanol–water partition coefficient (Wildman–Crippen LogP) is 2.25. The molecule has 3 aromatic heterocycles. The van der Waals surface area contributed by atoms with Crippen molar-refractivity contribution in [1.82, 2.24) is 24.1 Å². The van der Waals surface area contributed by atoms with Gasteiger partial charge in [0.05, 0.1) is 22.9 Å². The fourth-order valence-electron chi connectivity index (χ4n) is 2.48. The zero-order valence-electron chi connectivity index (χ0n) is 13.3. The molecule has 122 valence electrons. The normalized spacial score (nSPS) is 11.7. The summed E-state index contributed by atoms with van der Waals surface area (Å²) >= 11 is 1.69. The minimum atomic E-state index is -0.432. The van der Waals surface area contributed by atoms with Crippen LogP contribution in [0.1, 0.15) is 16.3 Å². The zero-order valence-corrected chi connectivity index (χ0v) is 14.1. The Kier molecular flexibility index (Phi) is 4.14. The van der Waals surface area contributed by atoms with E-state index in [1.165, 1.54) is 23.0 Å². The molecular weight excluding hydrogens is 316 g/mol. The molecule has 8 nitrogen and oxygen atoms in total. The number of hydrogen-bond acceptors (Lipinski definition) is 6. The van der Waals surface area contributed by atoms with Crippen molar-refractivity contribution in [2.45, 2.75) is 26.9 Å². The summed E-state index contributed by atoms with van der Waals surface area (Å²) in [6.45, 7) is 6.22. The first kappa shape index (κ1) is 15.6. The van der Waals surface area contributed by atoms with Crippen LogP contribution in [0, 0.1) is 24.0 Å². The molecular formula is C14H18N6O2S. The minimum Gasteiger partial charge on any atom is -0.299 e. The van der Waals surface area contributed by atoms with E-state index in [9.17, 15) is 10.1 Å². The van der Waals surface area contributed by atoms with Crippen molar-refractivity contribution in [3.8, 4) is 0 Å². The molecule has 0 spiro atoms. The first-order valence-electron chi connectivity index (χ1n) is 7.23. The number of thiazole rings is 1. The number of nitro groups is 1. The smallest absolute Gasteiger partial charge is 0.299 e. The van der Waals surface area contributed by atoms with Crippen LogP contribution in [0.4, 0.5) is 5.69 Å². The van der Waals surface area contributed by atoms with Gasteiger partial charge in [-0.2, -0.15) is 5.10 Å². The van der Waals surface area contributed by atoms with Gasteiger partial charge in [0.15, 0.2) is 4.96 Å². The van der Waals surface area contributed by atoms with Gasteiger partial charge >= 0.3 is 5.69 Å². The topological polar surface area (TPSA) is 81.5 Å². The van der Waals surface area contributed by atoms with Crippen molar-refractivity contribution in [2.24, 2.45) is 0 Å². The van der Waals surface area contributed by atoms with Gasteiger partial charge in [0, 0.05) is 24.2 Å². The maximum absolute atomic E-state index is 10.7. The molecule has 0 saturated heterocycles. The van der Waals surface area contributed by atoms with Gasteiger partial charge in [-0.15, -0.1) is 11.3 Å². The molecule has 23 heavy (non-hydrogen) atoms. The van der Waals surface area contributed by atoms with Crippen LogP contribution < -0.4 is 0 Å². The van der Waals surface area contributed by atoms with E-state index in [-0.39, 0.29) is 5.69 Å². The van der Waals surface area contributed by atoms with Gasteiger partial charge in [0.1, 0.15) is 12.4 Å². The van der Waals surface area contributed by atoms with Crippen LogP contribution in [0.25, 0.3) is 4.96 Å². The average molecular weight is 334 g/mol. The Morgan fingerprint density at radius 1 is 1.39 bits per heavy atom. The van der Waals surface area contributed by atoms with E-state index in [0.717, 1.165) is 23.7 Å². The summed E-state index contributed by atoms with van der Waals surface area (Å²) in [4.78, 5) is 19.2. The summed E-state index contributed by atoms with van der Waals surface area (Å²) in [6.07, 6.45) is 4.84. The highest BCUT2D eigenvalue weighted by molar-refractivity contribution is 7.17. The van der Waals surface area contributed by atoms with Crippen molar-refractivity contribution in [2.75, 3.05) is 13.6 Å². The number of aromatic nitrogens is 4. The van der Waals surface area contributed by atoms with Gasteiger partial charge in [0.2, 0.25) is 0 Å². The van der Waals surface area contributed by atoms with Crippen LogP contribution in [-0.4, -0.2) is 42.6 Å². The van der Waals surface area contributed by atoms with E-state index in [4.69, 9.17) is 0 Å². The van der Waals surface area contributed by atoms with Gasteiger partial charge < -0.3 is 0 Å². The van der Waals surface area contributed by atoms with Crippen LogP contribution >= 0.6 is 11.3 Å². The Morgan fingerprint density at radius 3 is 2.87 bits per heavy atom. The molecule has 0 atom stereocenters. The van der Waals surface area contributed by atoms with E-state index < -0.39 is 4.92 Å². The highest BCUT2D eigenvalue weighted by Gasteiger charge is 2.14. The molecule has 0 bridgehead atoms. The van der Waals surface area contributed by atoms with Crippen molar-refractivity contribution >= 4 is 22.0 Å². The third kappa shape index (κ3) is 3.25.